The molecular weight excluding hydrogens is 408 g/mol. The largest absolute Gasteiger partial charge is 0.497 e. The number of hydrogen-bond acceptors (Lipinski definition) is 5. The third kappa shape index (κ3) is 4.09. The summed E-state index contributed by atoms with van der Waals surface area (Å²) >= 11 is 5.64. The molecule has 0 saturated carbocycles. The SMILES string of the molecule is C=CCN1C(=S)NC(c2ccc(C)cc2)C(c2nc(-c3cccc(OC)c3)no2)=C1C. The Labute approximate surface area is 187 Å². The molecular formula is C24H24N4O2S. The Hall–Kier alpha value is -3.45. The Kier molecular flexibility index (Phi) is 5.86. The van der Waals surface area contributed by atoms with Crippen LogP contribution in [0.4, 0.5) is 0 Å². The van der Waals surface area contributed by atoms with Gasteiger partial charge in [0.2, 0.25) is 5.82 Å². The Balaban J connectivity index is 1.81. The van der Waals surface area contributed by atoms with E-state index in [2.05, 4.69) is 48.2 Å². The molecule has 1 N–H and O–H groups in total. The van der Waals surface area contributed by atoms with Gasteiger partial charge in [0.15, 0.2) is 5.11 Å². The fourth-order valence-electron chi connectivity index (χ4n) is 3.63. The average molecular weight is 433 g/mol. The van der Waals surface area contributed by atoms with Crippen molar-refractivity contribution in [3.8, 4) is 17.1 Å². The summed E-state index contributed by atoms with van der Waals surface area (Å²) in [7, 11) is 1.63. The van der Waals surface area contributed by atoms with Gasteiger partial charge in [-0.3, -0.25) is 0 Å². The van der Waals surface area contributed by atoms with Crippen LogP contribution in [0.5, 0.6) is 5.75 Å². The second-order valence-electron chi connectivity index (χ2n) is 7.35. The number of rotatable bonds is 6. The molecule has 2 aromatic carbocycles. The van der Waals surface area contributed by atoms with Crippen molar-refractivity contribution >= 4 is 22.9 Å². The van der Waals surface area contributed by atoms with Gasteiger partial charge < -0.3 is 19.5 Å². The quantitative estimate of drug-likeness (QED) is 0.439. The van der Waals surface area contributed by atoms with Crippen LogP contribution in [0.15, 0.2) is 71.4 Å². The zero-order valence-electron chi connectivity index (χ0n) is 17.8. The van der Waals surface area contributed by atoms with Gasteiger partial charge in [0, 0.05) is 17.8 Å². The summed E-state index contributed by atoms with van der Waals surface area (Å²) in [6.45, 7) is 8.52. The maximum atomic E-state index is 5.74. The number of nitrogens with one attached hydrogen (secondary N) is 1. The molecule has 0 aliphatic carbocycles. The molecule has 0 amide bonds. The lowest BCUT2D eigenvalue weighted by atomic mass is 9.94. The van der Waals surface area contributed by atoms with Gasteiger partial charge in [0.25, 0.3) is 5.89 Å². The molecule has 2 heterocycles. The minimum Gasteiger partial charge on any atom is -0.497 e. The molecule has 4 rings (SSSR count). The lowest BCUT2D eigenvalue weighted by Gasteiger charge is -2.36. The molecule has 0 bridgehead atoms. The highest BCUT2D eigenvalue weighted by Crippen LogP contribution is 2.37. The van der Waals surface area contributed by atoms with Crippen LogP contribution >= 0.6 is 12.2 Å². The first kappa shape index (κ1) is 20.8. The van der Waals surface area contributed by atoms with Crippen LogP contribution in [0.3, 0.4) is 0 Å². The molecule has 1 atom stereocenters. The highest BCUT2D eigenvalue weighted by atomic mass is 32.1. The van der Waals surface area contributed by atoms with E-state index in [0.717, 1.165) is 28.1 Å². The van der Waals surface area contributed by atoms with E-state index < -0.39 is 0 Å². The third-order valence-corrected chi connectivity index (χ3v) is 5.64. The van der Waals surface area contributed by atoms with Crippen molar-refractivity contribution in [2.75, 3.05) is 13.7 Å². The van der Waals surface area contributed by atoms with E-state index in [-0.39, 0.29) is 6.04 Å². The summed E-state index contributed by atoms with van der Waals surface area (Å²) in [5.74, 6) is 1.68. The minimum absolute atomic E-state index is 0.201. The first-order valence-corrected chi connectivity index (χ1v) is 10.4. The lowest BCUT2D eigenvalue weighted by molar-refractivity contribution is 0.399. The first-order chi connectivity index (χ1) is 15.0. The van der Waals surface area contributed by atoms with Gasteiger partial charge in [0.05, 0.1) is 18.7 Å². The van der Waals surface area contributed by atoms with Crippen LogP contribution in [0.1, 0.15) is 30.0 Å². The second-order valence-corrected chi connectivity index (χ2v) is 7.73. The predicted molar refractivity (Wildman–Crippen MR) is 125 cm³/mol. The Morgan fingerprint density at radius 3 is 2.71 bits per heavy atom. The Morgan fingerprint density at radius 2 is 2.00 bits per heavy atom. The van der Waals surface area contributed by atoms with Gasteiger partial charge in [-0.25, -0.2) is 0 Å². The first-order valence-electron chi connectivity index (χ1n) is 9.96. The van der Waals surface area contributed by atoms with E-state index in [9.17, 15) is 0 Å². The van der Waals surface area contributed by atoms with Crippen LogP contribution in [0.2, 0.25) is 0 Å². The molecule has 7 heteroatoms. The van der Waals surface area contributed by atoms with Crippen LogP contribution < -0.4 is 10.1 Å². The van der Waals surface area contributed by atoms with Gasteiger partial charge in [-0.15, -0.1) is 6.58 Å². The molecule has 0 saturated heterocycles. The normalized spacial score (nSPS) is 16.3. The van der Waals surface area contributed by atoms with E-state index in [1.807, 2.05) is 42.2 Å². The van der Waals surface area contributed by atoms with Crippen molar-refractivity contribution in [3.05, 3.63) is 83.9 Å². The van der Waals surface area contributed by atoms with Crippen LogP contribution in [-0.4, -0.2) is 33.8 Å². The zero-order chi connectivity index (χ0) is 22.0. The summed E-state index contributed by atoms with van der Waals surface area (Å²) in [4.78, 5) is 6.70. The summed E-state index contributed by atoms with van der Waals surface area (Å²) in [6, 6.07) is 15.7. The van der Waals surface area contributed by atoms with E-state index >= 15 is 0 Å². The van der Waals surface area contributed by atoms with Crippen LogP contribution in [0, 0.1) is 6.92 Å². The number of aromatic nitrogens is 2. The maximum absolute atomic E-state index is 5.74. The lowest BCUT2D eigenvalue weighted by Crippen LogP contribution is -2.45. The number of hydrogen-bond donors (Lipinski definition) is 1. The number of nitrogens with zero attached hydrogens (tertiary/aromatic N) is 3. The summed E-state index contributed by atoms with van der Waals surface area (Å²) < 4.78 is 11.1. The molecule has 0 radical (unpaired) electrons. The number of allylic oxidation sites excluding steroid dienone is 1. The fourth-order valence-corrected chi connectivity index (χ4v) is 3.96. The molecule has 1 aromatic heterocycles. The fraction of sp³-hybridized carbons (Fsp3) is 0.208. The smallest absolute Gasteiger partial charge is 0.258 e. The van der Waals surface area contributed by atoms with Gasteiger partial charge in [-0.2, -0.15) is 4.98 Å². The van der Waals surface area contributed by atoms with Gasteiger partial charge >= 0.3 is 0 Å². The molecule has 1 aliphatic heterocycles. The number of benzene rings is 2. The molecule has 0 spiro atoms. The predicted octanol–water partition coefficient (Wildman–Crippen LogP) is 4.90. The Bertz CT molecular complexity index is 1150. The van der Waals surface area contributed by atoms with Gasteiger partial charge in [0.1, 0.15) is 5.75 Å². The van der Waals surface area contributed by atoms with Gasteiger partial charge in [-0.1, -0.05) is 53.2 Å². The summed E-state index contributed by atoms with van der Waals surface area (Å²) in [6.07, 6.45) is 1.82. The van der Waals surface area contributed by atoms with Crippen molar-refractivity contribution in [3.63, 3.8) is 0 Å². The molecule has 1 aliphatic rings. The van der Waals surface area contributed by atoms with Crippen LogP contribution in [-0.2, 0) is 0 Å². The third-order valence-electron chi connectivity index (χ3n) is 5.30. The van der Waals surface area contributed by atoms with Crippen molar-refractivity contribution in [2.45, 2.75) is 19.9 Å². The number of aryl methyl sites for hydroxylation is 1. The molecule has 158 valence electrons. The molecule has 6 nitrogen and oxygen atoms in total. The summed E-state index contributed by atoms with van der Waals surface area (Å²) in [5, 5.41) is 8.30. The van der Waals surface area contributed by atoms with Crippen molar-refractivity contribution < 1.29 is 9.26 Å². The number of thiocarbonyl (C=S) groups is 1. The minimum atomic E-state index is -0.201. The van der Waals surface area contributed by atoms with Gasteiger partial charge in [-0.05, 0) is 43.8 Å². The zero-order valence-corrected chi connectivity index (χ0v) is 18.6. The van der Waals surface area contributed by atoms with E-state index in [4.69, 9.17) is 26.5 Å². The van der Waals surface area contributed by atoms with Crippen molar-refractivity contribution in [2.24, 2.45) is 0 Å². The molecule has 31 heavy (non-hydrogen) atoms. The number of methoxy groups -OCH3 is 1. The molecule has 3 aromatic rings. The molecule has 0 fully saturated rings. The average Bonchev–Trinajstić information content (AvgIpc) is 3.26. The highest BCUT2D eigenvalue weighted by molar-refractivity contribution is 7.80. The monoisotopic (exact) mass is 432 g/mol. The van der Waals surface area contributed by atoms with E-state index in [1.165, 1.54) is 5.56 Å². The standard InChI is InChI=1S/C24H24N4O2S/c1-5-13-28-16(3)20(21(25-24(28)31)17-11-9-15(2)10-12-17)23-26-22(27-30-23)18-7-6-8-19(14-18)29-4/h5-12,14,21H,1,13H2,2-4H3,(H,25,31). The maximum Gasteiger partial charge on any atom is 0.258 e. The topological polar surface area (TPSA) is 63.4 Å². The number of ether oxygens (including phenoxy) is 1. The van der Waals surface area contributed by atoms with Crippen molar-refractivity contribution in [1.82, 2.24) is 20.4 Å². The summed E-state index contributed by atoms with van der Waals surface area (Å²) in [5.41, 5.74) is 4.93. The van der Waals surface area contributed by atoms with E-state index in [1.54, 1.807) is 7.11 Å². The highest BCUT2D eigenvalue weighted by Gasteiger charge is 2.33. The van der Waals surface area contributed by atoms with Crippen LogP contribution in [0.25, 0.3) is 17.0 Å². The van der Waals surface area contributed by atoms with Crippen molar-refractivity contribution in [1.29, 1.82) is 0 Å². The second kappa shape index (κ2) is 8.73. The Morgan fingerprint density at radius 1 is 1.23 bits per heavy atom. The molecule has 1 unspecified atom stereocenters. The van der Waals surface area contributed by atoms with E-state index in [0.29, 0.717) is 23.4 Å².